The predicted octanol–water partition coefficient (Wildman–Crippen LogP) is 0.640. The highest BCUT2D eigenvalue weighted by Gasteiger charge is 2.08. The van der Waals surface area contributed by atoms with Gasteiger partial charge >= 0.3 is 0 Å². The first-order valence-electron chi connectivity index (χ1n) is 9.45. The summed E-state index contributed by atoms with van der Waals surface area (Å²) in [5.74, 6) is -0.139. The molecule has 0 saturated heterocycles. The molecule has 0 atom stereocenters. The molecule has 4 aromatic rings. The Morgan fingerprint density at radius 2 is 1.29 bits per heavy atom. The predicted molar refractivity (Wildman–Crippen MR) is 117 cm³/mol. The van der Waals surface area contributed by atoms with Gasteiger partial charge in [0.25, 0.3) is 11.1 Å². The first-order valence-corrected chi connectivity index (χ1v) is 9.45. The van der Waals surface area contributed by atoms with Gasteiger partial charge in [-0.05, 0) is 29.8 Å². The number of hydrogen-bond donors (Lipinski definition) is 3. The van der Waals surface area contributed by atoms with Gasteiger partial charge in [0.2, 0.25) is 5.56 Å². The maximum Gasteiger partial charge on any atom is 0.272 e. The van der Waals surface area contributed by atoms with Crippen molar-refractivity contribution in [3.8, 4) is 0 Å². The minimum absolute atomic E-state index is 0.0111. The number of carbonyl (C=O) groups excluding carboxylic acids is 1. The van der Waals surface area contributed by atoms with Gasteiger partial charge in [0.15, 0.2) is 5.78 Å². The highest BCUT2D eigenvalue weighted by atomic mass is 16.1. The van der Waals surface area contributed by atoms with Crippen LogP contribution in [0, 0.1) is 0 Å². The van der Waals surface area contributed by atoms with Crippen LogP contribution in [0.4, 0.5) is 0 Å². The SMILES string of the molecule is O=C(c1ccccc1)c1cccc(/C=c2\[nH]c(=O)/c(=C/c3cccc(=O)[nH]3)[nH]c2=O)c1. The first-order chi connectivity index (χ1) is 15.0. The maximum absolute atomic E-state index is 12.6. The summed E-state index contributed by atoms with van der Waals surface area (Å²) in [5, 5.41) is 0.0602. The molecule has 4 rings (SSSR count). The van der Waals surface area contributed by atoms with E-state index in [-0.39, 0.29) is 22.0 Å². The molecule has 152 valence electrons. The third-order valence-electron chi connectivity index (χ3n) is 4.57. The molecule has 0 spiro atoms. The van der Waals surface area contributed by atoms with Crippen molar-refractivity contribution in [1.29, 1.82) is 0 Å². The lowest BCUT2D eigenvalue weighted by Gasteiger charge is -2.02. The molecule has 7 heteroatoms. The summed E-state index contributed by atoms with van der Waals surface area (Å²) in [6, 6.07) is 20.2. The van der Waals surface area contributed by atoms with E-state index in [9.17, 15) is 19.2 Å². The van der Waals surface area contributed by atoms with E-state index in [2.05, 4.69) is 15.0 Å². The molecule has 0 radical (unpaired) electrons. The molecule has 7 nitrogen and oxygen atoms in total. The number of pyridine rings is 1. The second kappa shape index (κ2) is 8.46. The monoisotopic (exact) mass is 411 g/mol. The summed E-state index contributed by atoms with van der Waals surface area (Å²) in [6.45, 7) is 0. The van der Waals surface area contributed by atoms with E-state index in [0.717, 1.165) is 0 Å². The number of nitrogens with one attached hydrogen (secondary N) is 3. The van der Waals surface area contributed by atoms with Crippen molar-refractivity contribution in [1.82, 2.24) is 15.0 Å². The van der Waals surface area contributed by atoms with Crippen molar-refractivity contribution in [2.75, 3.05) is 0 Å². The quantitative estimate of drug-likeness (QED) is 0.428. The largest absolute Gasteiger partial charge is 0.322 e. The van der Waals surface area contributed by atoms with Crippen molar-refractivity contribution < 1.29 is 4.79 Å². The molecule has 2 heterocycles. The number of aromatic amines is 3. The molecule has 0 aliphatic heterocycles. The van der Waals surface area contributed by atoms with Crippen molar-refractivity contribution in [2.24, 2.45) is 0 Å². The van der Waals surface area contributed by atoms with E-state index in [1.54, 1.807) is 60.7 Å². The summed E-state index contributed by atoms with van der Waals surface area (Å²) < 4.78 is 0. The van der Waals surface area contributed by atoms with E-state index in [1.807, 2.05) is 6.07 Å². The van der Waals surface area contributed by atoms with Crippen LogP contribution >= 0.6 is 0 Å². The van der Waals surface area contributed by atoms with Gasteiger partial charge in [0, 0.05) is 22.9 Å². The average Bonchev–Trinajstić information content (AvgIpc) is 2.77. The zero-order chi connectivity index (χ0) is 21.8. The topological polar surface area (TPSA) is 116 Å². The van der Waals surface area contributed by atoms with Crippen LogP contribution in [0.1, 0.15) is 27.2 Å². The minimum Gasteiger partial charge on any atom is -0.322 e. The fraction of sp³-hybridized carbons (Fsp3) is 0. The van der Waals surface area contributed by atoms with Crippen LogP contribution in [-0.4, -0.2) is 20.7 Å². The Labute approximate surface area is 175 Å². The second-order valence-corrected chi connectivity index (χ2v) is 6.82. The Morgan fingerprint density at radius 3 is 2.00 bits per heavy atom. The standard InChI is InChI=1S/C24H17N3O4/c28-21-11-5-10-18(25-21)14-20-24(31)26-19(23(30)27-20)13-15-6-4-9-17(12-15)22(29)16-7-2-1-3-8-16/h1-14H,(H,25,28)(H,26,31)(H,27,30)/b19-13-,20-14-. The molecule has 0 bridgehead atoms. The zero-order valence-corrected chi connectivity index (χ0v) is 16.2. The van der Waals surface area contributed by atoms with Crippen molar-refractivity contribution in [3.63, 3.8) is 0 Å². The number of benzene rings is 2. The Bertz CT molecular complexity index is 1560. The lowest BCUT2D eigenvalue weighted by Crippen LogP contribution is -2.46. The van der Waals surface area contributed by atoms with Crippen molar-refractivity contribution >= 4 is 17.9 Å². The molecule has 0 aliphatic carbocycles. The van der Waals surface area contributed by atoms with E-state index < -0.39 is 11.1 Å². The number of H-pyrrole nitrogens is 3. The summed E-state index contributed by atoms with van der Waals surface area (Å²) in [4.78, 5) is 56.6. The first kappa shape index (κ1) is 19.8. The molecule has 0 fully saturated rings. The molecule has 2 aromatic carbocycles. The summed E-state index contributed by atoms with van der Waals surface area (Å²) >= 11 is 0. The van der Waals surface area contributed by atoms with Crippen LogP contribution in [0.15, 0.2) is 87.2 Å². The van der Waals surface area contributed by atoms with Gasteiger partial charge in [-0.15, -0.1) is 0 Å². The van der Waals surface area contributed by atoms with Crippen LogP contribution in [0.3, 0.4) is 0 Å². The number of ketones is 1. The molecule has 3 N–H and O–H groups in total. The van der Waals surface area contributed by atoms with Crippen LogP contribution in [-0.2, 0) is 0 Å². The van der Waals surface area contributed by atoms with Gasteiger partial charge in [-0.2, -0.15) is 0 Å². The smallest absolute Gasteiger partial charge is 0.272 e. The second-order valence-electron chi connectivity index (χ2n) is 6.82. The molecule has 0 aliphatic rings. The number of aromatic nitrogens is 3. The summed E-state index contributed by atoms with van der Waals surface area (Å²) in [7, 11) is 0. The molecular formula is C24H17N3O4. The average molecular weight is 411 g/mol. The third-order valence-corrected chi connectivity index (χ3v) is 4.57. The normalized spacial score (nSPS) is 12.1. The van der Waals surface area contributed by atoms with Gasteiger partial charge in [0.1, 0.15) is 10.7 Å². The van der Waals surface area contributed by atoms with Gasteiger partial charge < -0.3 is 15.0 Å². The van der Waals surface area contributed by atoms with Crippen molar-refractivity contribution in [3.05, 3.63) is 137 Å². The van der Waals surface area contributed by atoms with Gasteiger partial charge in [-0.25, -0.2) is 0 Å². The van der Waals surface area contributed by atoms with Gasteiger partial charge in [0.05, 0.1) is 0 Å². The van der Waals surface area contributed by atoms with Gasteiger partial charge in [-0.3, -0.25) is 19.2 Å². The zero-order valence-electron chi connectivity index (χ0n) is 16.2. The third kappa shape index (κ3) is 4.56. The lowest BCUT2D eigenvalue weighted by molar-refractivity contribution is 0.103. The van der Waals surface area contributed by atoms with Gasteiger partial charge in [-0.1, -0.05) is 54.6 Å². The Kier molecular flexibility index (Phi) is 5.40. The number of rotatable bonds is 4. The number of hydrogen-bond acceptors (Lipinski definition) is 4. The highest BCUT2D eigenvalue weighted by Crippen LogP contribution is 2.12. The van der Waals surface area contributed by atoms with Crippen LogP contribution in [0.5, 0.6) is 0 Å². The molecule has 0 unspecified atom stereocenters. The van der Waals surface area contributed by atoms with Crippen LogP contribution in [0.2, 0.25) is 0 Å². The highest BCUT2D eigenvalue weighted by molar-refractivity contribution is 6.09. The van der Waals surface area contributed by atoms with Crippen LogP contribution in [0.25, 0.3) is 12.2 Å². The minimum atomic E-state index is -0.521. The Balaban J connectivity index is 1.74. The summed E-state index contributed by atoms with van der Waals surface area (Å²) in [5.41, 5.74) is 0.657. The van der Waals surface area contributed by atoms with E-state index >= 15 is 0 Å². The fourth-order valence-corrected chi connectivity index (χ4v) is 3.09. The van der Waals surface area contributed by atoms with Crippen molar-refractivity contribution in [2.45, 2.75) is 0 Å². The lowest BCUT2D eigenvalue weighted by atomic mass is 10.0. The maximum atomic E-state index is 12.6. The van der Waals surface area contributed by atoms with E-state index in [0.29, 0.717) is 22.4 Å². The Morgan fingerprint density at radius 1 is 0.645 bits per heavy atom. The summed E-state index contributed by atoms with van der Waals surface area (Å²) in [6.07, 6.45) is 2.88. The molecule has 0 saturated carbocycles. The fourth-order valence-electron chi connectivity index (χ4n) is 3.09. The number of carbonyl (C=O) groups is 1. The molecule has 0 amide bonds. The van der Waals surface area contributed by atoms with E-state index in [1.165, 1.54) is 18.2 Å². The molecule has 31 heavy (non-hydrogen) atoms. The molecule has 2 aromatic heterocycles. The Hall–Kier alpha value is -4.52. The van der Waals surface area contributed by atoms with E-state index in [4.69, 9.17) is 0 Å². The molecular weight excluding hydrogens is 394 g/mol. The van der Waals surface area contributed by atoms with Crippen LogP contribution < -0.4 is 27.4 Å².